The molecule has 0 heterocycles. The number of phenols is 1. The van der Waals surface area contributed by atoms with Crippen molar-refractivity contribution in [1.29, 1.82) is 0 Å². The number of hydrogen-bond donors (Lipinski definition) is 3. The highest BCUT2D eigenvalue weighted by Crippen LogP contribution is 2.39. The van der Waals surface area contributed by atoms with Gasteiger partial charge in [0.05, 0.1) is 5.69 Å². The van der Waals surface area contributed by atoms with Gasteiger partial charge in [-0.1, -0.05) is 12.1 Å². The first-order chi connectivity index (χ1) is 7.50. The van der Waals surface area contributed by atoms with Gasteiger partial charge in [-0.3, -0.25) is 4.79 Å². The first-order valence-electron chi connectivity index (χ1n) is 5.37. The Hall–Kier alpha value is -1.55. The van der Waals surface area contributed by atoms with E-state index in [9.17, 15) is 9.90 Å². The lowest BCUT2D eigenvalue weighted by atomic mass is 10.0. The summed E-state index contributed by atoms with van der Waals surface area (Å²) in [6.45, 7) is 1.42. The molecule has 1 aromatic rings. The van der Waals surface area contributed by atoms with Crippen molar-refractivity contribution < 1.29 is 9.90 Å². The molecule has 1 aliphatic rings. The number of benzene rings is 1. The van der Waals surface area contributed by atoms with Crippen LogP contribution in [-0.2, 0) is 11.2 Å². The predicted octanol–water partition coefficient (Wildman–Crippen LogP) is 1.38. The minimum atomic E-state index is -0.190. The third kappa shape index (κ3) is 2.33. The molecule has 1 aromatic carbocycles. The van der Waals surface area contributed by atoms with Gasteiger partial charge in [0.1, 0.15) is 5.75 Å². The fourth-order valence-electron chi connectivity index (χ4n) is 1.77. The van der Waals surface area contributed by atoms with Gasteiger partial charge in [0.25, 0.3) is 0 Å². The predicted molar refractivity (Wildman–Crippen MR) is 62.3 cm³/mol. The molecule has 16 heavy (non-hydrogen) atoms. The first-order valence-corrected chi connectivity index (χ1v) is 5.37. The maximum absolute atomic E-state index is 11.0. The Bertz CT molecular complexity index is 425. The topological polar surface area (TPSA) is 75.3 Å². The molecule has 4 nitrogen and oxygen atoms in total. The van der Waals surface area contributed by atoms with E-state index < -0.39 is 0 Å². The number of nitrogens with two attached hydrogens (primary N) is 1. The molecule has 4 N–H and O–H groups in total. The van der Waals surface area contributed by atoms with Crippen molar-refractivity contribution in [2.45, 2.75) is 31.7 Å². The quantitative estimate of drug-likeness (QED) is 0.674. The second kappa shape index (κ2) is 3.79. The molecule has 0 aliphatic heterocycles. The van der Waals surface area contributed by atoms with Gasteiger partial charge in [0.15, 0.2) is 0 Å². The van der Waals surface area contributed by atoms with Crippen LogP contribution in [0.1, 0.15) is 25.3 Å². The van der Waals surface area contributed by atoms with Crippen LogP contribution < -0.4 is 11.1 Å². The Morgan fingerprint density at radius 1 is 1.56 bits per heavy atom. The Kier molecular flexibility index (Phi) is 2.59. The van der Waals surface area contributed by atoms with Crippen LogP contribution in [0, 0.1) is 0 Å². The smallest absolute Gasteiger partial charge is 0.221 e. The Morgan fingerprint density at radius 2 is 2.25 bits per heavy atom. The lowest BCUT2D eigenvalue weighted by Crippen LogP contribution is -2.25. The van der Waals surface area contributed by atoms with Gasteiger partial charge >= 0.3 is 0 Å². The van der Waals surface area contributed by atoms with Gasteiger partial charge in [-0.05, 0) is 30.9 Å². The Balaban J connectivity index is 2.28. The number of anilines is 1. The molecule has 1 amide bonds. The Labute approximate surface area is 94.5 Å². The van der Waals surface area contributed by atoms with Crippen LogP contribution in [0.25, 0.3) is 0 Å². The highest BCUT2D eigenvalue weighted by Gasteiger charge is 2.38. The molecule has 0 unspecified atom stereocenters. The maximum atomic E-state index is 11.0. The monoisotopic (exact) mass is 220 g/mol. The number of phenolic OH excluding ortho intramolecular Hbond substituents is 1. The zero-order chi connectivity index (χ0) is 11.8. The fraction of sp³-hybridized carbons (Fsp3) is 0.417. The SMILES string of the molecule is CC(=O)Nc1c(O)cccc1CC1(N)CC1. The number of aromatic hydroxyl groups is 1. The Morgan fingerprint density at radius 3 is 2.81 bits per heavy atom. The highest BCUT2D eigenvalue weighted by atomic mass is 16.3. The first kappa shape index (κ1) is 11.0. The molecule has 0 bridgehead atoms. The standard InChI is InChI=1S/C12H16N2O2/c1-8(15)14-11-9(3-2-4-10(11)16)7-12(13)5-6-12/h2-4,16H,5-7,13H2,1H3,(H,14,15). The van der Waals surface area contributed by atoms with E-state index in [0.717, 1.165) is 18.4 Å². The number of carbonyl (C=O) groups is 1. The summed E-state index contributed by atoms with van der Waals surface area (Å²) in [6.07, 6.45) is 2.70. The van der Waals surface area contributed by atoms with E-state index in [-0.39, 0.29) is 17.2 Å². The number of para-hydroxylation sites is 1. The number of rotatable bonds is 3. The van der Waals surface area contributed by atoms with E-state index in [1.165, 1.54) is 6.92 Å². The summed E-state index contributed by atoms with van der Waals surface area (Å²) in [5, 5.41) is 12.3. The van der Waals surface area contributed by atoms with Crippen molar-refractivity contribution in [2.24, 2.45) is 5.73 Å². The number of hydrogen-bond acceptors (Lipinski definition) is 3. The zero-order valence-electron chi connectivity index (χ0n) is 9.29. The van der Waals surface area contributed by atoms with Gasteiger partial charge in [-0.25, -0.2) is 0 Å². The largest absolute Gasteiger partial charge is 0.506 e. The van der Waals surface area contributed by atoms with Crippen molar-refractivity contribution >= 4 is 11.6 Å². The summed E-state index contributed by atoms with van der Waals surface area (Å²) in [5.74, 6) is -0.0958. The third-order valence-electron chi connectivity index (χ3n) is 2.86. The second-order valence-corrected chi connectivity index (χ2v) is 4.53. The van der Waals surface area contributed by atoms with Crippen molar-refractivity contribution in [3.05, 3.63) is 23.8 Å². The van der Waals surface area contributed by atoms with E-state index in [4.69, 9.17) is 5.73 Å². The van der Waals surface area contributed by atoms with E-state index in [1.807, 2.05) is 6.07 Å². The lowest BCUT2D eigenvalue weighted by molar-refractivity contribution is -0.114. The van der Waals surface area contributed by atoms with Crippen LogP contribution in [0.5, 0.6) is 5.75 Å². The average molecular weight is 220 g/mol. The van der Waals surface area contributed by atoms with Crippen LogP contribution >= 0.6 is 0 Å². The molecular formula is C12H16N2O2. The van der Waals surface area contributed by atoms with Crippen molar-refractivity contribution in [3.8, 4) is 5.75 Å². The molecule has 0 spiro atoms. The summed E-state index contributed by atoms with van der Waals surface area (Å²) in [4.78, 5) is 11.0. The number of carbonyl (C=O) groups excluding carboxylic acids is 1. The molecule has 1 saturated carbocycles. The van der Waals surface area contributed by atoms with E-state index >= 15 is 0 Å². The fourth-order valence-corrected chi connectivity index (χ4v) is 1.77. The van der Waals surface area contributed by atoms with Crippen LogP contribution in [0.15, 0.2) is 18.2 Å². The number of nitrogens with one attached hydrogen (secondary N) is 1. The summed E-state index contributed by atoms with van der Waals surface area (Å²) < 4.78 is 0. The minimum Gasteiger partial charge on any atom is -0.506 e. The summed E-state index contributed by atoms with van der Waals surface area (Å²) in [6, 6.07) is 5.21. The van der Waals surface area contributed by atoms with Crippen molar-refractivity contribution in [1.82, 2.24) is 0 Å². The van der Waals surface area contributed by atoms with E-state index in [1.54, 1.807) is 12.1 Å². The minimum absolute atomic E-state index is 0.0944. The maximum Gasteiger partial charge on any atom is 0.221 e. The van der Waals surface area contributed by atoms with E-state index in [0.29, 0.717) is 12.1 Å². The summed E-state index contributed by atoms with van der Waals surface area (Å²) in [5.41, 5.74) is 7.29. The summed E-state index contributed by atoms with van der Waals surface area (Å²) in [7, 11) is 0. The number of amides is 1. The molecule has 0 radical (unpaired) electrons. The highest BCUT2D eigenvalue weighted by molar-refractivity contribution is 5.91. The molecular weight excluding hydrogens is 204 g/mol. The molecule has 4 heteroatoms. The third-order valence-corrected chi connectivity index (χ3v) is 2.86. The van der Waals surface area contributed by atoms with Gasteiger partial charge in [0.2, 0.25) is 5.91 Å². The molecule has 86 valence electrons. The molecule has 2 rings (SSSR count). The van der Waals surface area contributed by atoms with Crippen LogP contribution in [0.2, 0.25) is 0 Å². The zero-order valence-corrected chi connectivity index (χ0v) is 9.29. The molecule has 0 atom stereocenters. The molecule has 0 aromatic heterocycles. The lowest BCUT2D eigenvalue weighted by Gasteiger charge is -2.14. The molecule has 1 fully saturated rings. The molecule has 1 aliphatic carbocycles. The van der Waals surface area contributed by atoms with Crippen molar-refractivity contribution in [3.63, 3.8) is 0 Å². The normalized spacial score (nSPS) is 16.9. The van der Waals surface area contributed by atoms with Gasteiger partial charge in [0, 0.05) is 12.5 Å². The molecule has 0 saturated heterocycles. The van der Waals surface area contributed by atoms with Crippen LogP contribution in [0.3, 0.4) is 0 Å². The van der Waals surface area contributed by atoms with Gasteiger partial charge in [-0.2, -0.15) is 0 Å². The average Bonchev–Trinajstić information content (AvgIpc) is 2.89. The van der Waals surface area contributed by atoms with E-state index in [2.05, 4.69) is 5.32 Å². The van der Waals surface area contributed by atoms with Gasteiger partial charge in [-0.15, -0.1) is 0 Å². The van der Waals surface area contributed by atoms with Gasteiger partial charge < -0.3 is 16.2 Å². The summed E-state index contributed by atoms with van der Waals surface area (Å²) >= 11 is 0. The van der Waals surface area contributed by atoms with Crippen molar-refractivity contribution in [2.75, 3.05) is 5.32 Å². The van der Waals surface area contributed by atoms with Crippen LogP contribution in [-0.4, -0.2) is 16.6 Å². The second-order valence-electron chi connectivity index (χ2n) is 4.53. The van der Waals surface area contributed by atoms with Crippen LogP contribution in [0.4, 0.5) is 5.69 Å².